The summed E-state index contributed by atoms with van der Waals surface area (Å²) in [6, 6.07) is 13.7. The van der Waals surface area contributed by atoms with Gasteiger partial charge >= 0.3 is 12.1 Å². The molecule has 190 valence electrons. The molecule has 0 aliphatic carbocycles. The van der Waals surface area contributed by atoms with Gasteiger partial charge in [0, 0.05) is 6.42 Å². The number of rotatable bonds is 11. The van der Waals surface area contributed by atoms with E-state index in [1.165, 1.54) is 12.1 Å². The SMILES string of the molecule is CSCC[C@H](NC(=O)[C@@H](Cc1ccc(O)cc1)NC(=O)OC(C)(C)C)C(=O)OCc1ccccc1. The lowest BCUT2D eigenvalue weighted by Gasteiger charge is -2.25. The van der Waals surface area contributed by atoms with Gasteiger partial charge in [0.15, 0.2) is 0 Å². The Hall–Kier alpha value is -3.20. The molecule has 3 N–H and O–H groups in total. The Morgan fingerprint density at radius 2 is 1.60 bits per heavy atom. The van der Waals surface area contributed by atoms with Crippen LogP contribution < -0.4 is 10.6 Å². The molecule has 0 spiro atoms. The zero-order chi connectivity index (χ0) is 25.8. The average Bonchev–Trinajstić information content (AvgIpc) is 2.80. The second-order valence-corrected chi connectivity index (χ2v) is 9.99. The van der Waals surface area contributed by atoms with E-state index in [-0.39, 0.29) is 18.8 Å². The van der Waals surface area contributed by atoms with Gasteiger partial charge in [0.2, 0.25) is 5.91 Å². The average molecular weight is 503 g/mol. The van der Waals surface area contributed by atoms with Crippen LogP contribution in [0.3, 0.4) is 0 Å². The van der Waals surface area contributed by atoms with Crippen LogP contribution in [0.1, 0.15) is 38.3 Å². The minimum absolute atomic E-state index is 0.0909. The van der Waals surface area contributed by atoms with Crippen molar-refractivity contribution in [3.05, 3.63) is 65.7 Å². The van der Waals surface area contributed by atoms with E-state index in [0.29, 0.717) is 17.7 Å². The lowest BCUT2D eigenvalue weighted by atomic mass is 10.0. The number of alkyl carbamates (subject to hydrolysis) is 1. The molecule has 9 heteroatoms. The largest absolute Gasteiger partial charge is 0.508 e. The summed E-state index contributed by atoms with van der Waals surface area (Å²) in [6.45, 7) is 5.27. The number of esters is 1. The smallest absolute Gasteiger partial charge is 0.408 e. The molecule has 0 saturated carbocycles. The van der Waals surface area contributed by atoms with Gasteiger partial charge < -0.3 is 25.2 Å². The third-order valence-corrected chi connectivity index (χ3v) is 5.46. The Labute approximate surface area is 210 Å². The molecule has 0 unspecified atom stereocenters. The molecule has 2 atom stereocenters. The predicted octanol–water partition coefficient (Wildman–Crippen LogP) is 3.81. The fraction of sp³-hybridized carbons (Fsp3) is 0.423. The Kier molecular flexibility index (Phi) is 10.9. The van der Waals surface area contributed by atoms with E-state index in [0.717, 1.165) is 5.56 Å². The topological polar surface area (TPSA) is 114 Å². The number of thioether (sulfide) groups is 1. The van der Waals surface area contributed by atoms with Crippen molar-refractivity contribution in [3.63, 3.8) is 0 Å². The Balaban J connectivity index is 2.13. The van der Waals surface area contributed by atoms with Crippen molar-refractivity contribution in [1.82, 2.24) is 10.6 Å². The zero-order valence-corrected chi connectivity index (χ0v) is 21.4. The third-order valence-electron chi connectivity index (χ3n) is 4.82. The molecule has 2 rings (SSSR count). The fourth-order valence-electron chi connectivity index (χ4n) is 3.11. The van der Waals surface area contributed by atoms with E-state index < -0.39 is 35.7 Å². The van der Waals surface area contributed by atoms with Gasteiger partial charge in [0.25, 0.3) is 0 Å². The quantitative estimate of drug-likeness (QED) is 0.400. The number of hydrogen-bond acceptors (Lipinski definition) is 7. The second kappa shape index (κ2) is 13.6. The van der Waals surface area contributed by atoms with Crippen molar-refractivity contribution in [2.75, 3.05) is 12.0 Å². The van der Waals surface area contributed by atoms with E-state index in [2.05, 4.69) is 10.6 Å². The van der Waals surface area contributed by atoms with E-state index in [1.54, 1.807) is 44.7 Å². The Morgan fingerprint density at radius 1 is 0.943 bits per heavy atom. The molecule has 2 aromatic rings. The molecular formula is C26H34N2O6S. The first-order valence-corrected chi connectivity index (χ1v) is 12.7. The van der Waals surface area contributed by atoms with Crippen molar-refractivity contribution in [3.8, 4) is 5.75 Å². The van der Waals surface area contributed by atoms with Crippen molar-refractivity contribution < 1.29 is 29.0 Å². The number of phenols is 1. The molecule has 0 aromatic heterocycles. The van der Waals surface area contributed by atoms with Crippen LogP contribution in [-0.2, 0) is 32.1 Å². The van der Waals surface area contributed by atoms with Gasteiger partial charge in [0.1, 0.15) is 30.0 Å². The van der Waals surface area contributed by atoms with Crippen LogP contribution in [0.2, 0.25) is 0 Å². The number of benzene rings is 2. The second-order valence-electron chi connectivity index (χ2n) is 9.01. The molecule has 2 amide bonds. The van der Waals surface area contributed by atoms with Gasteiger partial charge in [-0.15, -0.1) is 0 Å². The summed E-state index contributed by atoms with van der Waals surface area (Å²) in [7, 11) is 0. The molecule has 0 bridgehead atoms. The van der Waals surface area contributed by atoms with Crippen LogP contribution in [0, 0.1) is 0 Å². The number of amides is 2. The summed E-state index contributed by atoms with van der Waals surface area (Å²) < 4.78 is 10.8. The number of phenolic OH excluding ortho intramolecular Hbond substituents is 1. The van der Waals surface area contributed by atoms with E-state index in [9.17, 15) is 19.5 Å². The molecule has 0 radical (unpaired) electrons. The summed E-state index contributed by atoms with van der Waals surface area (Å²) in [5.41, 5.74) is 0.810. The van der Waals surface area contributed by atoms with Crippen LogP contribution in [-0.4, -0.2) is 52.8 Å². The highest BCUT2D eigenvalue weighted by molar-refractivity contribution is 7.98. The minimum atomic E-state index is -1.01. The normalized spacial score (nSPS) is 12.8. The van der Waals surface area contributed by atoms with Crippen LogP contribution >= 0.6 is 11.8 Å². The molecule has 0 fully saturated rings. The van der Waals surface area contributed by atoms with Gasteiger partial charge in [-0.2, -0.15) is 11.8 Å². The fourth-order valence-corrected chi connectivity index (χ4v) is 3.58. The van der Waals surface area contributed by atoms with E-state index >= 15 is 0 Å². The highest BCUT2D eigenvalue weighted by Crippen LogP contribution is 2.13. The van der Waals surface area contributed by atoms with Gasteiger partial charge in [-0.05, 0) is 62.5 Å². The molecule has 35 heavy (non-hydrogen) atoms. The van der Waals surface area contributed by atoms with Crippen molar-refractivity contribution in [2.24, 2.45) is 0 Å². The summed E-state index contributed by atoms with van der Waals surface area (Å²) in [6.07, 6.45) is 1.67. The maximum atomic E-state index is 13.2. The highest BCUT2D eigenvalue weighted by Gasteiger charge is 2.29. The van der Waals surface area contributed by atoms with E-state index in [4.69, 9.17) is 9.47 Å². The molecule has 0 aliphatic rings. The van der Waals surface area contributed by atoms with Gasteiger partial charge in [-0.25, -0.2) is 9.59 Å². The summed E-state index contributed by atoms with van der Waals surface area (Å²) in [4.78, 5) is 38.4. The van der Waals surface area contributed by atoms with Gasteiger partial charge in [-0.1, -0.05) is 42.5 Å². The minimum Gasteiger partial charge on any atom is -0.508 e. The van der Waals surface area contributed by atoms with Gasteiger partial charge in [-0.3, -0.25) is 4.79 Å². The molecular weight excluding hydrogens is 468 g/mol. The van der Waals surface area contributed by atoms with Crippen molar-refractivity contribution in [2.45, 2.75) is 57.9 Å². The van der Waals surface area contributed by atoms with Crippen LogP contribution in [0.25, 0.3) is 0 Å². The van der Waals surface area contributed by atoms with Crippen molar-refractivity contribution in [1.29, 1.82) is 0 Å². The first-order valence-electron chi connectivity index (χ1n) is 11.3. The maximum Gasteiger partial charge on any atom is 0.408 e. The van der Waals surface area contributed by atoms with Crippen molar-refractivity contribution >= 4 is 29.7 Å². The molecule has 0 aliphatic heterocycles. The molecule has 0 heterocycles. The van der Waals surface area contributed by atoms with Gasteiger partial charge in [0.05, 0.1) is 0 Å². The lowest BCUT2D eigenvalue weighted by molar-refractivity contribution is -0.149. The van der Waals surface area contributed by atoms with Crippen LogP contribution in [0.5, 0.6) is 5.75 Å². The number of carbonyl (C=O) groups excluding carboxylic acids is 3. The number of carbonyl (C=O) groups is 3. The molecule has 2 aromatic carbocycles. The summed E-state index contributed by atoms with van der Waals surface area (Å²) in [5, 5.41) is 14.9. The third kappa shape index (κ3) is 10.7. The molecule has 8 nitrogen and oxygen atoms in total. The lowest BCUT2D eigenvalue weighted by Crippen LogP contribution is -2.53. The number of nitrogens with one attached hydrogen (secondary N) is 2. The maximum absolute atomic E-state index is 13.2. The first kappa shape index (κ1) is 28.0. The Morgan fingerprint density at radius 3 is 2.20 bits per heavy atom. The zero-order valence-electron chi connectivity index (χ0n) is 20.6. The van der Waals surface area contributed by atoms with E-state index in [1.807, 2.05) is 36.6 Å². The highest BCUT2D eigenvalue weighted by atomic mass is 32.2. The number of ether oxygens (including phenoxy) is 2. The predicted molar refractivity (Wildman–Crippen MR) is 136 cm³/mol. The molecule has 0 saturated heterocycles. The number of aromatic hydroxyl groups is 1. The number of hydrogen-bond donors (Lipinski definition) is 3. The Bertz CT molecular complexity index is 960. The standard InChI is InChI=1S/C26H34N2O6S/c1-26(2,3)34-25(32)28-22(16-18-10-12-20(29)13-11-18)23(30)27-21(14-15-35-4)24(31)33-17-19-8-6-5-7-9-19/h5-13,21-22,29H,14-17H2,1-4H3,(H,27,30)(H,28,32)/t21-,22+/m0/s1. The van der Waals surface area contributed by atoms with Crippen LogP contribution in [0.4, 0.5) is 4.79 Å². The summed E-state index contributed by atoms with van der Waals surface area (Å²) in [5.74, 6) is -0.357. The summed E-state index contributed by atoms with van der Waals surface area (Å²) >= 11 is 1.55. The van der Waals surface area contributed by atoms with Crippen LogP contribution in [0.15, 0.2) is 54.6 Å². The first-order chi connectivity index (χ1) is 16.6. The monoisotopic (exact) mass is 502 g/mol.